The van der Waals surface area contributed by atoms with Gasteiger partial charge >= 0.3 is 12.1 Å². The SMILES string of the molecule is CCc1c(F)ccc2cc(O)cc(-c3ncc4c(N5CCC6(CNC(=O)O6)C5)nc(OCC56CCCN5C[C@H](F)C6)nc4c3F)c12. The first-order valence-corrected chi connectivity index (χ1v) is 15.7. The van der Waals surface area contributed by atoms with E-state index < -0.39 is 35.0 Å². The van der Waals surface area contributed by atoms with Gasteiger partial charge in [-0.05, 0) is 60.3 Å². The van der Waals surface area contributed by atoms with Gasteiger partial charge in [-0.1, -0.05) is 13.0 Å². The number of carbonyl (C=O) groups is 1. The Balaban J connectivity index is 1.26. The van der Waals surface area contributed by atoms with Crippen molar-refractivity contribution >= 4 is 33.6 Å². The van der Waals surface area contributed by atoms with Crippen LogP contribution < -0.4 is 15.0 Å². The van der Waals surface area contributed by atoms with Crippen molar-refractivity contribution in [1.29, 1.82) is 0 Å². The average Bonchev–Trinajstić information content (AvgIpc) is 3.79. The summed E-state index contributed by atoms with van der Waals surface area (Å²) in [6.07, 6.45) is 2.99. The minimum atomic E-state index is -0.943. The van der Waals surface area contributed by atoms with Crippen LogP contribution in [0.5, 0.6) is 11.8 Å². The van der Waals surface area contributed by atoms with E-state index in [2.05, 4.69) is 20.2 Å². The van der Waals surface area contributed by atoms with Gasteiger partial charge in [0.2, 0.25) is 0 Å². The monoisotopic (exact) mass is 634 g/mol. The third-order valence-corrected chi connectivity index (χ3v) is 10.1. The molecule has 2 N–H and O–H groups in total. The number of fused-ring (bicyclic) bond motifs is 3. The highest BCUT2D eigenvalue weighted by molar-refractivity contribution is 6.01. The molecule has 0 saturated carbocycles. The number of amides is 1. The lowest BCUT2D eigenvalue weighted by Gasteiger charge is -2.31. The average molecular weight is 635 g/mol. The highest BCUT2D eigenvalue weighted by Gasteiger charge is 2.50. The van der Waals surface area contributed by atoms with E-state index in [0.717, 1.165) is 19.4 Å². The van der Waals surface area contributed by atoms with Crippen LogP contribution in [0, 0.1) is 11.6 Å². The molecule has 10 nitrogen and oxygen atoms in total. The maximum atomic E-state index is 16.8. The van der Waals surface area contributed by atoms with Gasteiger partial charge in [0.25, 0.3) is 0 Å². The van der Waals surface area contributed by atoms with Gasteiger partial charge in [-0.2, -0.15) is 9.97 Å². The number of pyridine rings is 1. The predicted molar refractivity (Wildman–Crippen MR) is 164 cm³/mol. The van der Waals surface area contributed by atoms with Crippen molar-refractivity contribution in [3.05, 3.63) is 47.7 Å². The number of carbonyl (C=O) groups excluding carboxylic acids is 1. The van der Waals surface area contributed by atoms with Gasteiger partial charge in [-0.15, -0.1) is 0 Å². The van der Waals surface area contributed by atoms with E-state index in [0.29, 0.717) is 73.0 Å². The topological polar surface area (TPSA) is 113 Å². The quantitative estimate of drug-likeness (QED) is 0.302. The summed E-state index contributed by atoms with van der Waals surface area (Å²) in [5.74, 6) is -0.960. The molecule has 1 amide bonds. The second kappa shape index (κ2) is 10.6. The molecule has 0 bridgehead atoms. The molecule has 0 aliphatic carbocycles. The van der Waals surface area contributed by atoms with Crippen molar-refractivity contribution in [2.45, 2.75) is 56.3 Å². The van der Waals surface area contributed by atoms with Crippen LogP contribution >= 0.6 is 0 Å². The lowest BCUT2D eigenvalue weighted by atomic mass is 9.94. The van der Waals surface area contributed by atoms with Gasteiger partial charge in [0.15, 0.2) is 11.4 Å². The van der Waals surface area contributed by atoms with Gasteiger partial charge in [0.1, 0.15) is 41.4 Å². The van der Waals surface area contributed by atoms with Gasteiger partial charge < -0.3 is 24.8 Å². The molecule has 3 atom stereocenters. The Hall–Kier alpha value is -4.39. The molecule has 1 spiro atoms. The number of aryl methyl sites for hydroxylation is 1. The summed E-state index contributed by atoms with van der Waals surface area (Å²) in [4.78, 5) is 29.7. The Kier molecular flexibility index (Phi) is 6.68. The maximum absolute atomic E-state index is 16.8. The zero-order valence-corrected chi connectivity index (χ0v) is 25.3. The van der Waals surface area contributed by atoms with Gasteiger partial charge in [0.05, 0.1) is 24.0 Å². The summed E-state index contributed by atoms with van der Waals surface area (Å²) in [5, 5.41) is 14.6. The molecule has 8 rings (SSSR count). The first-order valence-electron chi connectivity index (χ1n) is 15.7. The molecule has 240 valence electrons. The number of alkyl halides is 1. The van der Waals surface area contributed by atoms with Crippen molar-refractivity contribution in [2.75, 3.05) is 44.2 Å². The summed E-state index contributed by atoms with van der Waals surface area (Å²) >= 11 is 0. The van der Waals surface area contributed by atoms with E-state index >= 15 is 4.39 Å². The fourth-order valence-corrected chi connectivity index (χ4v) is 7.95. The Morgan fingerprint density at radius 3 is 2.87 bits per heavy atom. The van der Waals surface area contributed by atoms with Crippen LogP contribution in [0.15, 0.2) is 30.5 Å². The molecule has 2 aromatic heterocycles. The number of alkyl carbamates (subject to hydrolysis) is 1. The fraction of sp³-hybridized carbons (Fsp3) is 0.455. The summed E-state index contributed by atoms with van der Waals surface area (Å²) in [6, 6.07) is 5.70. The van der Waals surface area contributed by atoms with Crippen LogP contribution in [0.3, 0.4) is 0 Å². The van der Waals surface area contributed by atoms with Crippen LogP contribution in [-0.2, 0) is 11.2 Å². The highest BCUT2D eigenvalue weighted by Crippen LogP contribution is 2.42. The van der Waals surface area contributed by atoms with Crippen molar-refractivity contribution in [3.8, 4) is 23.0 Å². The normalized spacial score (nSPS) is 26.0. The highest BCUT2D eigenvalue weighted by atomic mass is 19.1. The lowest BCUT2D eigenvalue weighted by Crippen LogP contribution is -2.43. The number of aromatic nitrogens is 3. The minimum Gasteiger partial charge on any atom is -0.508 e. The molecule has 2 aromatic carbocycles. The number of nitrogens with one attached hydrogen (secondary N) is 1. The molecule has 2 unspecified atom stereocenters. The number of rotatable bonds is 6. The zero-order chi connectivity index (χ0) is 31.8. The fourth-order valence-electron chi connectivity index (χ4n) is 7.95. The number of nitrogens with zero attached hydrogens (tertiary/aromatic N) is 5. The smallest absolute Gasteiger partial charge is 0.407 e. The van der Waals surface area contributed by atoms with E-state index in [9.17, 15) is 18.7 Å². The number of phenolic OH excluding ortho intramolecular Hbond substituents is 1. The summed E-state index contributed by atoms with van der Waals surface area (Å²) in [7, 11) is 0. The van der Waals surface area contributed by atoms with Crippen LogP contribution in [0.2, 0.25) is 0 Å². The number of ether oxygens (including phenoxy) is 2. The van der Waals surface area contributed by atoms with Crippen LogP contribution in [0.25, 0.3) is 32.9 Å². The molecular formula is C33H33F3N6O4. The van der Waals surface area contributed by atoms with Crippen LogP contribution in [-0.4, -0.2) is 87.7 Å². The van der Waals surface area contributed by atoms with E-state index in [1.165, 1.54) is 24.4 Å². The van der Waals surface area contributed by atoms with E-state index in [-0.39, 0.29) is 35.1 Å². The van der Waals surface area contributed by atoms with Crippen molar-refractivity contribution in [3.63, 3.8) is 0 Å². The summed E-state index contributed by atoms with van der Waals surface area (Å²) < 4.78 is 58.0. The van der Waals surface area contributed by atoms with E-state index in [1.54, 1.807) is 6.07 Å². The predicted octanol–water partition coefficient (Wildman–Crippen LogP) is 5.04. The van der Waals surface area contributed by atoms with Gasteiger partial charge in [-0.3, -0.25) is 9.88 Å². The molecule has 6 heterocycles. The van der Waals surface area contributed by atoms with Crippen molar-refractivity contribution in [2.24, 2.45) is 0 Å². The van der Waals surface area contributed by atoms with Crippen molar-refractivity contribution in [1.82, 2.24) is 25.2 Å². The molecular weight excluding hydrogens is 601 g/mol. The number of hydrogen-bond donors (Lipinski definition) is 2. The van der Waals surface area contributed by atoms with Gasteiger partial charge in [0, 0.05) is 37.7 Å². The maximum Gasteiger partial charge on any atom is 0.407 e. The van der Waals surface area contributed by atoms with Crippen molar-refractivity contribution < 1.29 is 32.5 Å². The molecule has 4 aliphatic heterocycles. The first-order chi connectivity index (χ1) is 22.2. The number of hydrogen-bond acceptors (Lipinski definition) is 9. The first kappa shape index (κ1) is 29.0. The Labute approximate surface area is 262 Å². The van der Waals surface area contributed by atoms with Crippen LogP contribution in [0.4, 0.5) is 23.8 Å². The Bertz CT molecular complexity index is 1910. The number of phenols is 1. The largest absolute Gasteiger partial charge is 0.508 e. The molecule has 4 fully saturated rings. The van der Waals surface area contributed by atoms with E-state index in [4.69, 9.17) is 14.5 Å². The zero-order valence-electron chi connectivity index (χ0n) is 25.3. The lowest BCUT2D eigenvalue weighted by molar-refractivity contribution is 0.0745. The molecule has 4 saturated heterocycles. The second-order valence-corrected chi connectivity index (χ2v) is 12.9. The number of anilines is 1. The Morgan fingerprint density at radius 1 is 1.20 bits per heavy atom. The number of benzene rings is 2. The molecule has 0 radical (unpaired) electrons. The minimum absolute atomic E-state index is 0.0611. The molecule has 46 heavy (non-hydrogen) atoms. The summed E-state index contributed by atoms with van der Waals surface area (Å²) in [6.45, 7) is 4.24. The number of aromatic hydroxyl groups is 1. The molecule has 4 aromatic rings. The standard InChI is InChI=1S/C33H33F3N6O4/c1-2-21-24(35)5-4-18-10-20(43)11-22(25(18)21)27-26(36)28-23(13-37-27)29(41-9-7-33(16-41)15-38-31(44)46-33)40-30(39-28)45-17-32-6-3-8-42(32)14-19(34)12-32/h4-5,10-11,13,19,43H,2-3,6-9,12,14-17H2,1H3,(H,38,44)/t19-,32?,33?/m1/s1. The molecule has 13 heteroatoms. The number of halogens is 3. The van der Waals surface area contributed by atoms with Gasteiger partial charge in [-0.25, -0.2) is 18.0 Å². The van der Waals surface area contributed by atoms with E-state index in [1.807, 2.05) is 11.8 Å². The molecule has 4 aliphatic rings. The third kappa shape index (κ3) is 4.57. The third-order valence-electron chi connectivity index (χ3n) is 10.1. The summed E-state index contributed by atoms with van der Waals surface area (Å²) in [5.41, 5.74) is -0.764. The van der Waals surface area contributed by atoms with Crippen LogP contribution in [0.1, 0.15) is 38.2 Å². The Morgan fingerprint density at radius 2 is 2.07 bits per heavy atom. The second-order valence-electron chi connectivity index (χ2n) is 12.9.